The van der Waals surface area contributed by atoms with Crippen LogP contribution in [0.15, 0.2) is 30.5 Å². The molecule has 0 N–H and O–H groups in total. The van der Waals surface area contributed by atoms with Gasteiger partial charge < -0.3 is 9.80 Å². The van der Waals surface area contributed by atoms with E-state index in [1.165, 1.54) is 0 Å². The third-order valence-electron chi connectivity index (χ3n) is 5.04. The number of carbonyl (C=O) groups is 1. The molecule has 0 aliphatic carbocycles. The van der Waals surface area contributed by atoms with E-state index in [-0.39, 0.29) is 11.9 Å². The Morgan fingerprint density at radius 2 is 2.03 bits per heavy atom. The molecule has 1 aliphatic heterocycles. The Hall–Kier alpha value is -2.58. The molecule has 1 atom stereocenters. The minimum atomic E-state index is -0.128. The third-order valence-corrected chi connectivity index (χ3v) is 6.10. The van der Waals surface area contributed by atoms with Gasteiger partial charge in [-0.05, 0) is 49.0 Å². The second-order valence-electron chi connectivity index (χ2n) is 7.21. The molecule has 0 spiro atoms. The molecule has 7 nitrogen and oxygen atoms in total. The van der Waals surface area contributed by atoms with E-state index in [0.29, 0.717) is 28.1 Å². The number of anilines is 1. The Labute approximate surface area is 178 Å². The third kappa shape index (κ3) is 3.82. The SMILES string of the molecule is Cc1nnsc1C(=O)N1CCC[C@@H]1c1nc(N(C)C)ncc1-c1ccc(Cl)cc1. The van der Waals surface area contributed by atoms with Crippen molar-refractivity contribution in [1.82, 2.24) is 24.5 Å². The highest BCUT2D eigenvalue weighted by molar-refractivity contribution is 7.07. The highest BCUT2D eigenvalue weighted by Gasteiger charge is 2.35. The first kappa shape index (κ1) is 19.7. The van der Waals surface area contributed by atoms with Crippen LogP contribution in [0.25, 0.3) is 11.1 Å². The number of nitrogens with zero attached hydrogens (tertiary/aromatic N) is 6. The molecule has 1 amide bonds. The van der Waals surface area contributed by atoms with Crippen LogP contribution in [0.3, 0.4) is 0 Å². The van der Waals surface area contributed by atoms with Gasteiger partial charge in [-0.25, -0.2) is 9.97 Å². The average Bonchev–Trinajstić information content (AvgIpc) is 3.36. The molecule has 3 heterocycles. The van der Waals surface area contributed by atoms with Crippen molar-refractivity contribution >= 4 is 35.0 Å². The Morgan fingerprint density at radius 1 is 1.28 bits per heavy atom. The highest BCUT2D eigenvalue weighted by atomic mass is 35.5. The van der Waals surface area contributed by atoms with E-state index in [1.807, 2.05) is 61.3 Å². The van der Waals surface area contributed by atoms with E-state index in [2.05, 4.69) is 14.6 Å². The first-order valence-electron chi connectivity index (χ1n) is 9.36. The van der Waals surface area contributed by atoms with Crippen molar-refractivity contribution < 1.29 is 4.79 Å². The maximum Gasteiger partial charge on any atom is 0.268 e. The quantitative estimate of drug-likeness (QED) is 0.625. The molecule has 9 heteroatoms. The van der Waals surface area contributed by atoms with Crippen molar-refractivity contribution in [3.8, 4) is 11.1 Å². The summed E-state index contributed by atoms with van der Waals surface area (Å²) in [5, 5.41) is 4.67. The highest BCUT2D eigenvalue weighted by Crippen LogP contribution is 2.38. The molecule has 1 fully saturated rings. The van der Waals surface area contributed by atoms with Crippen molar-refractivity contribution in [3.63, 3.8) is 0 Å². The molecule has 1 saturated heterocycles. The van der Waals surface area contributed by atoms with Crippen molar-refractivity contribution in [3.05, 3.63) is 51.7 Å². The number of hydrogen-bond acceptors (Lipinski definition) is 7. The van der Waals surface area contributed by atoms with E-state index < -0.39 is 0 Å². The standard InChI is InChI=1S/C20H21ClN6OS/c1-12-18(29-25-24-12)19(28)27-10-4-5-16(27)17-15(11-22-20(23-17)26(2)3)13-6-8-14(21)9-7-13/h6-9,11,16H,4-5,10H2,1-3H3/t16-/m1/s1. The molecule has 4 rings (SSSR count). The van der Waals surface area contributed by atoms with Gasteiger partial charge in [-0.15, -0.1) is 5.10 Å². The van der Waals surface area contributed by atoms with Gasteiger partial charge in [0.25, 0.3) is 5.91 Å². The zero-order valence-corrected chi connectivity index (χ0v) is 18.0. The second-order valence-corrected chi connectivity index (χ2v) is 8.40. The molecule has 0 saturated carbocycles. The van der Waals surface area contributed by atoms with E-state index >= 15 is 0 Å². The van der Waals surface area contributed by atoms with Gasteiger partial charge in [-0.3, -0.25) is 4.79 Å². The Morgan fingerprint density at radius 3 is 2.69 bits per heavy atom. The van der Waals surface area contributed by atoms with Crippen LogP contribution in [0.4, 0.5) is 5.95 Å². The smallest absolute Gasteiger partial charge is 0.268 e. The topological polar surface area (TPSA) is 75.1 Å². The first-order chi connectivity index (χ1) is 14.0. The summed E-state index contributed by atoms with van der Waals surface area (Å²) in [7, 11) is 3.82. The predicted molar refractivity (Wildman–Crippen MR) is 114 cm³/mol. The number of hydrogen-bond donors (Lipinski definition) is 0. The number of carbonyl (C=O) groups excluding carboxylic acids is 1. The average molecular weight is 429 g/mol. The molecule has 3 aromatic rings. The zero-order valence-electron chi connectivity index (χ0n) is 16.5. The van der Waals surface area contributed by atoms with E-state index in [9.17, 15) is 4.79 Å². The van der Waals surface area contributed by atoms with Gasteiger partial charge in [0.15, 0.2) is 0 Å². The lowest BCUT2D eigenvalue weighted by atomic mass is 9.99. The summed E-state index contributed by atoms with van der Waals surface area (Å²) < 4.78 is 3.92. The summed E-state index contributed by atoms with van der Waals surface area (Å²) in [4.78, 5) is 26.9. The molecule has 0 bridgehead atoms. The summed E-state index contributed by atoms with van der Waals surface area (Å²) in [6, 6.07) is 7.49. The van der Waals surface area contributed by atoms with Gasteiger partial charge in [0.2, 0.25) is 5.95 Å². The van der Waals surface area contributed by atoms with E-state index in [4.69, 9.17) is 16.6 Å². The molecule has 0 unspecified atom stereocenters. The largest absolute Gasteiger partial charge is 0.347 e. The van der Waals surface area contributed by atoms with Gasteiger partial charge in [0, 0.05) is 37.4 Å². The van der Waals surface area contributed by atoms with Crippen molar-refractivity contribution in [2.24, 2.45) is 0 Å². The lowest BCUT2D eigenvalue weighted by molar-refractivity contribution is 0.0737. The van der Waals surface area contributed by atoms with E-state index in [0.717, 1.165) is 41.2 Å². The summed E-state index contributed by atoms with van der Waals surface area (Å²) in [5.74, 6) is 0.583. The molecule has 1 aromatic carbocycles. The monoisotopic (exact) mass is 428 g/mol. The molecule has 29 heavy (non-hydrogen) atoms. The number of aromatic nitrogens is 4. The van der Waals surface area contributed by atoms with Crippen molar-refractivity contribution in [2.45, 2.75) is 25.8 Å². The van der Waals surface area contributed by atoms with Crippen LogP contribution in [0.1, 0.15) is 39.9 Å². The number of benzene rings is 1. The van der Waals surface area contributed by atoms with Crippen LogP contribution in [-0.4, -0.2) is 51.0 Å². The lowest BCUT2D eigenvalue weighted by Gasteiger charge is -2.26. The van der Waals surface area contributed by atoms with Crippen LogP contribution < -0.4 is 4.90 Å². The normalized spacial score (nSPS) is 16.3. The minimum absolute atomic E-state index is 0.0351. The van der Waals surface area contributed by atoms with Crippen LogP contribution in [0.2, 0.25) is 5.02 Å². The van der Waals surface area contributed by atoms with E-state index in [1.54, 1.807) is 0 Å². The number of aryl methyl sites for hydroxylation is 1. The maximum absolute atomic E-state index is 13.2. The molecular weight excluding hydrogens is 408 g/mol. The molecular formula is C20H21ClN6OS. The fraction of sp³-hybridized carbons (Fsp3) is 0.350. The minimum Gasteiger partial charge on any atom is -0.347 e. The molecule has 150 valence electrons. The number of halogens is 1. The Kier molecular flexibility index (Phi) is 5.47. The van der Waals surface area contributed by atoms with Gasteiger partial charge in [0.05, 0.1) is 17.4 Å². The zero-order chi connectivity index (χ0) is 20.5. The summed E-state index contributed by atoms with van der Waals surface area (Å²) >= 11 is 7.21. The van der Waals surface area contributed by atoms with Crippen LogP contribution >= 0.6 is 23.1 Å². The van der Waals surface area contributed by atoms with Gasteiger partial charge in [-0.1, -0.05) is 28.2 Å². The van der Waals surface area contributed by atoms with Crippen LogP contribution in [0.5, 0.6) is 0 Å². The van der Waals surface area contributed by atoms with Crippen LogP contribution in [0, 0.1) is 6.92 Å². The van der Waals surface area contributed by atoms with Crippen LogP contribution in [-0.2, 0) is 0 Å². The number of likely N-dealkylation sites (tertiary alicyclic amines) is 1. The number of amides is 1. The maximum atomic E-state index is 13.2. The summed E-state index contributed by atoms with van der Waals surface area (Å²) in [6.45, 7) is 2.50. The van der Waals surface area contributed by atoms with Crippen molar-refractivity contribution in [2.75, 3.05) is 25.5 Å². The second kappa shape index (κ2) is 8.04. The molecule has 2 aromatic heterocycles. The van der Waals surface area contributed by atoms with Gasteiger partial charge in [-0.2, -0.15) is 0 Å². The molecule has 1 aliphatic rings. The van der Waals surface area contributed by atoms with Gasteiger partial charge in [0.1, 0.15) is 4.88 Å². The predicted octanol–water partition coefficient (Wildman–Crippen LogP) is 4.00. The molecule has 0 radical (unpaired) electrons. The lowest BCUT2D eigenvalue weighted by Crippen LogP contribution is -2.31. The fourth-order valence-corrected chi connectivity index (χ4v) is 4.30. The first-order valence-corrected chi connectivity index (χ1v) is 10.5. The Balaban J connectivity index is 1.79. The van der Waals surface area contributed by atoms with Crippen molar-refractivity contribution in [1.29, 1.82) is 0 Å². The summed E-state index contributed by atoms with van der Waals surface area (Å²) in [6.07, 6.45) is 3.60. The fourth-order valence-electron chi connectivity index (χ4n) is 3.56. The number of rotatable bonds is 4. The Bertz CT molecular complexity index is 1040. The summed E-state index contributed by atoms with van der Waals surface area (Å²) in [5.41, 5.74) is 3.41. The van der Waals surface area contributed by atoms with Gasteiger partial charge >= 0.3 is 0 Å².